The average Bonchev–Trinajstić information content (AvgIpc) is 3.24. The molecule has 0 bridgehead atoms. The van der Waals surface area contributed by atoms with E-state index in [1.807, 2.05) is 29.2 Å². The summed E-state index contributed by atoms with van der Waals surface area (Å²) in [6.07, 6.45) is 11.3. The van der Waals surface area contributed by atoms with Crippen LogP contribution in [0.3, 0.4) is 0 Å². The van der Waals surface area contributed by atoms with Crippen molar-refractivity contribution < 1.29 is 0 Å². The number of aryl methyl sites for hydroxylation is 2. The van der Waals surface area contributed by atoms with E-state index in [0.717, 1.165) is 55.1 Å². The van der Waals surface area contributed by atoms with Crippen molar-refractivity contribution in [2.24, 2.45) is 0 Å². The lowest BCUT2D eigenvalue weighted by molar-refractivity contribution is 0.486. The molecule has 0 aliphatic carbocycles. The van der Waals surface area contributed by atoms with E-state index >= 15 is 0 Å². The van der Waals surface area contributed by atoms with Crippen LogP contribution in [0.2, 0.25) is 0 Å². The molecule has 24 heavy (non-hydrogen) atoms. The second-order valence-corrected chi connectivity index (χ2v) is 6.26. The van der Waals surface area contributed by atoms with E-state index in [-0.39, 0.29) is 0 Å². The molecule has 3 aromatic heterocycles. The van der Waals surface area contributed by atoms with Gasteiger partial charge < -0.3 is 0 Å². The molecule has 6 heteroatoms. The van der Waals surface area contributed by atoms with E-state index in [1.165, 1.54) is 18.5 Å². The molecule has 0 radical (unpaired) electrons. The zero-order valence-corrected chi connectivity index (χ0v) is 14.0. The van der Waals surface area contributed by atoms with Crippen molar-refractivity contribution in [3.05, 3.63) is 36.4 Å². The predicted molar refractivity (Wildman–Crippen MR) is 92.3 cm³/mol. The van der Waals surface area contributed by atoms with Gasteiger partial charge in [0.15, 0.2) is 11.6 Å². The fourth-order valence-corrected chi connectivity index (χ4v) is 3.23. The third-order valence-corrected chi connectivity index (χ3v) is 4.54. The lowest BCUT2D eigenvalue weighted by Crippen LogP contribution is -2.12. The van der Waals surface area contributed by atoms with Crippen molar-refractivity contribution in [1.82, 2.24) is 29.5 Å². The average molecular weight is 322 g/mol. The van der Waals surface area contributed by atoms with Crippen molar-refractivity contribution in [2.45, 2.75) is 52.1 Å². The first kappa shape index (κ1) is 15.1. The number of fused-ring (bicyclic) bond motifs is 1. The topological polar surface area (TPSA) is 61.4 Å². The summed E-state index contributed by atoms with van der Waals surface area (Å²) < 4.78 is 4.17. The Morgan fingerprint density at radius 1 is 1.21 bits per heavy atom. The van der Waals surface area contributed by atoms with Gasteiger partial charge in [0, 0.05) is 36.7 Å². The first-order valence-corrected chi connectivity index (χ1v) is 8.77. The minimum atomic E-state index is 0.741. The molecule has 0 fully saturated rings. The summed E-state index contributed by atoms with van der Waals surface area (Å²) in [5.74, 6) is 1.68. The van der Waals surface area contributed by atoms with Gasteiger partial charge in [0.1, 0.15) is 0 Å². The minimum absolute atomic E-state index is 0.741. The van der Waals surface area contributed by atoms with Crippen LogP contribution in [0, 0.1) is 0 Å². The maximum atomic E-state index is 4.84. The summed E-state index contributed by atoms with van der Waals surface area (Å²) in [5, 5.41) is 9.31. The molecule has 0 atom stereocenters. The summed E-state index contributed by atoms with van der Waals surface area (Å²) in [7, 11) is 0. The summed E-state index contributed by atoms with van der Waals surface area (Å²) in [5.41, 5.74) is 3.38. The number of aromatic nitrogens is 6. The van der Waals surface area contributed by atoms with E-state index in [4.69, 9.17) is 10.1 Å². The zero-order valence-electron chi connectivity index (χ0n) is 14.0. The van der Waals surface area contributed by atoms with Crippen LogP contribution in [0.5, 0.6) is 0 Å². The normalized spacial score (nSPS) is 13.9. The molecule has 0 saturated heterocycles. The lowest BCUT2D eigenvalue weighted by Gasteiger charge is -2.14. The Kier molecular flexibility index (Phi) is 4.11. The summed E-state index contributed by atoms with van der Waals surface area (Å²) in [4.78, 5) is 9.03. The van der Waals surface area contributed by atoms with Gasteiger partial charge in [-0.05, 0) is 37.8 Å². The van der Waals surface area contributed by atoms with Gasteiger partial charge >= 0.3 is 0 Å². The fraction of sp³-hybridized carbons (Fsp3) is 0.444. The molecule has 0 spiro atoms. The zero-order chi connectivity index (χ0) is 16.4. The SMILES string of the molecule is CCCCn1nc(-c2cccnc2)nc1-c1cnn2c1CCCC2. The van der Waals surface area contributed by atoms with Crippen molar-refractivity contribution in [1.29, 1.82) is 0 Å². The number of rotatable bonds is 5. The van der Waals surface area contributed by atoms with Crippen LogP contribution < -0.4 is 0 Å². The Hall–Kier alpha value is -2.50. The highest BCUT2D eigenvalue weighted by atomic mass is 15.4. The van der Waals surface area contributed by atoms with Gasteiger partial charge in [-0.25, -0.2) is 9.67 Å². The molecule has 4 rings (SSSR count). The van der Waals surface area contributed by atoms with Gasteiger partial charge in [-0.15, -0.1) is 0 Å². The summed E-state index contributed by atoms with van der Waals surface area (Å²) >= 11 is 0. The molecule has 0 saturated carbocycles. The maximum absolute atomic E-state index is 4.84. The molecule has 1 aliphatic heterocycles. The van der Waals surface area contributed by atoms with Crippen LogP contribution in [0.15, 0.2) is 30.7 Å². The number of nitrogens with zero attached hydrogens (tertiary/aromatic N) is 6. The number of hydrogen-bond acceptors (Lipinski definition) is 4. The van der Waals surface area contributed by atoms with Crippen molar-refractivity contribution in [3.8, 4) is 22.8 Å². The van der Waals surface area contributed by atoms with E-state index < -0.39 is 0 Å². The van der Waals surface area contributed by atoms with Gasteiger partial charge in [-0.1, -0.05) is 13.3 Å². The summed E-state index contributed by atoms with van der Waals surface area (Å²) in [6, 6.07) is 3.92. The van der Waals surface area contributed by atoms with E-state index in [1.54, 1.807) is 6.20 Å². The first-order chi connectivity index (χ1) is 11.9. The highest BCUT2D eigenvalue weighted by molar-refractivity contribution is 5.62. The van der Waals surface area contributed by atoms with Crippen LogP contribution in [0.1, 0.15) is 38.3 Å². The standard InChI is InChI=1S/C18H22N6/c1-2-3-10-24-18(15-13-20-23-11-5-4-8-16(15)23)21-17(22-24)14-7-6-9-19-12-14/h6-7,9,12-13H,2-5,8,10-11H2,1H3. The highest BCUT2D eigenvalue weighted by Crippen LogP contribution is 2.28. The van der Waals surface area contributed by atoms with Crippen molar-refractivity contribution in [3.63, 3.8) is 0 Å². The Bertz CT molecular complexity index is 817. The molecule has 0 unspecified atom stereocenters. The molecular formula is C18H22N6. The van der Waals surface area contributed by atoms with Crippen LogP contribution in [-0.2, 0) is 19.5 Å². The molecule has 6 nitrogen and oxygen atoms in total. The first-order valence-electron chi connectivity index (χ1n) is 8.77. The van der Waals surface area contributed by atoms with Crippen LogP contribution in [0.25, 0.3) is 22.8 Å². The van der Waals surface area contributed by atoms with Crippen LogP contribution in [0.4, 0.5) is 0 Å². The number of hydrogen-bond donors (Lipinski definition) is 0. The Morgan fingerprint density at radius 2 is 2.17 bits per heavy atom. The Balaban J connectivity index is 1.78. The molecule has 4 heterocycles. The fourth-order valence-electron chi connectivity index (χ4n) is 3.23. The van der Waals surface area contributed by atoms with Crippen molar-refractivity contribution in [2.75, 3.05) is 0 Å². The molecule has 124 valence electrons. The molecule has 0 aromatic carbocycles. The second kappa shape index (κ2) is 6.55. The number of pyridine rings is 1. The minimum Gasteiger partial charge on any atom is -0.269 e. The predicted octanol–water partition coefficient (Wildman–Crippen LogP) is 3.34. The maximum Gasteiger partial charge on any atom is 0.183 e. The quantitative estimate of drug-likeness (QED) is 0.723. The Labute approximate surface area is 141 Å². The van der Waals surface area contributed by atoms with Crippen LogP contribution >= 0.6 is 0 Å². The molecule has 3 aromatic rings. The summed E-state index contributed by atoms with van der Waals surface area (Å²) in [6.45, 7) is 4.08. The molecular weight excluding hydrogens is 300 g/mol. The third kappa shape index (κ3) is 2.72. The van der Waals surface area contributed by atoms with Crippen LogP contribution in [-0.4, -0.2) is 29.5 Å². The third-order valence-electron chi connectivity index (χ3n) is 4.54. The smallest absolute Gasteiger partial charge is 0.183 e. The second-order valence-electron chi connectivity index (χ2n) is 6.26. The van der Waals surface area contributed by atoms with Gasteiger partial charge in [0.05, 0.1) is 11.8 Å². The van der Waals surface area contributed by atoms with E-state index in [9.17, 15) is 0 Å². The Morgan fingerprint density at radius 3 is 3.00 bits per heavy atom. The monoisotopic (exact) mass is 322 g/mol. The number of unbranched alkanes of at least 4 members (excludes halogenated alkanes) is 1. The largest absolute Gasteiger partial charge is 0.269 e. The molecule has 0 amide bonds. The van der Waals surface area contributed by atoms with Gasteiger partial charge in [-0.2, -0.15) is 10.2 Å². The van der Waals surface area contributed by atoms with E-state index in [2.05, 4.69) is 21.7 Å². The molecule has 0 N–H and O–H groups in total. The van der Waals surface area contributed by atoms with Gasteiger partial charge in [0.2, 0.25) is 0 Å². The van der Waals surface area contributed by atoms with E-state index in [0.29, 0.717) is 0 Å². The van der Waals surface area contributed by atoms with Crippen molar-refractivity contribution >= 4 is 0 Å². The highest BCUT2D eigenvalue weighted by Gasteiger charge is 2.21. The lowest BCUT2D eigenvalue weighted by atomic mass is 10.1. The van der Waals surface area contributed by atoms with Gasteiger partial charge in [0.25, 0.3) is 0 Å². The van der Waals surface area contributed by atoms with Gasteiger partial charge in [-0.3, -0.25) is 9.67 Å². The molecule has 1 aliphatic rings.